The number of hydrogen-bond acceptors (Lipinski definition) is 3. The van der Waals surface area contributed by atoms with E-state index in [4.69, 9.17) is 4.74 Å². The molecule has 0 saturated heterocycles. The van der Waals surface area contributed by atoms with Crippen LogP contribution in [0.2, 0.25) is 0 Å². The van der Waals surface area contributed by atoms with E-state index in [-0.39, 0.29) is 12.4 Å². The SMILES string of the molecule is COCCS(=O)(=O)c1ccccc1-c1ccccc1. The van der Waals surface area contributed by atoms with Gasteiger partial charge in [-0.15, -0.1) is 0 Å². The first-order valence-electron chi connectivity index (χ1n) is 6.01. The molecule has 0 aliphatic heterocycles. The summed E-state index contributed by atoms with van der Waals surface area (Å²) in [6, 6.07) is 16.6. The largest absolute Gasteiger partial charge is 0.384 e. The Morgan fingerprint density at radius 3 is 2.26 bits per heavy atom. The van der Waals surface area contributed by atoms with Gasteiger partial charge in [0.2, 0.25) is 0 Å². The molecule has 0 aliphatic carbocycles. The Hall–Kier alpha value is -1.65. The number of hydrogen-bond donors (Lipinski definition) is 0. The Morgan fingerprint density at radius 1 is 0.947 bits per heavy atom. The highest BCUT2D eigenvalue weighted by atomic mass is 32.2. The number of methoxy groups -OCH3 is 1. The molecule has 4 heteroatoms. The Balaban J connectivity index is 2.48. The van der Waals surface area contributed by atoms with Crippen molar-refractivity contribution < 1.29 is 13.2 Å². The molecule has 19 heavy (non-hydrogen) atoms. The minimum absolute atomic E-state index is 0.00660. The number of rotatable bonds is 5. The first-order chi connectivity index (χ1) is 9.15. The summed E-state index contributed by atoms with van der Waals surface area (Å²) >= 11 is 0. The van der Waals surface area contributed by atoms with Crippen LogP contribution in [0.5, 0.6) is 0 Å². The van der Waals surface area contributed by atoms with Crippen molar-refractivity contribution in [1.82, 2.24) is 0 Å². The molecule has 2 aromatic rings. The van der Waals surface area contributed by atoms with E-state index < -0.39 is 9.84 Å². The van der Waals surface area contributed by atoms with E-state index in [1.165, 1.54) is 7.11 Å². The van der Waals surface area contributed by atoms with Crippen LogP contribution in [0.25, 0.3) is 11.1 Å². The molecule has 0 saturated carbocycles. The second-order valence-electron chi connectivity index (χ2n) is 4.17. The van der Waals surface area contributed by atoms with E-state index >= 15 is 0 Å². The topological polar surface area (TPSA) is 43.4 Å². The standard InChI is InChI=1S/C15H16O3S/c1-18-11-12-19(16,17)15-10-6-5-9-14(15)13-7-3-2-4-8-13/h2-10H,11-12H2,1H3. The van der Waals surface area contributed by atoms with E-state index in [1.54, 1.807) is 12.1 Å². The molecule has 0 N–H and O–H groups in total. The molecule has 0 atom stereocenters. The van der Waals surface area contributed by atoms with Gasteiger partial charge in [0.15, 0.2) is 9.84 Å². The monoisotopic (exact) mass is 276 g/mol. The number of ether oxygens (including phenoxy) is 1. The fourth-order valence-corrected chi connectivity index (χ4v) is 3.31. The molecule has 0 radical (unpaired) electrons. The van der Waals surface area contributed by atoms with Crippen LogP contribution in [-0.2, 0) is 14.6 Å². The van der Waals surface area contributed by atoms with Gasteiger partial charge in [-0.2, -0.15) is 0 Å². The van der Waals surface area contributed by atoms with Crippen LogP contribution in [0.3, 0.4) is 0 Å². The molecule has 0 fully saturated rings. The summed E-state index contributed by atoms with van der Waals surface area (Å²) in [7, 11) is -1.83. The van der Waals surface area contributed by atoms with Crippen LogP contribution in [0.1, 0.15) is 0 Å². The van der Waals surface area contributed by atoms with Crippen molar-refractivity contribution in [1.29, 1.82) is 0 Å². The molecule has 0 unspecified atom stereocenters. The van der Waals surface area contributed by atoms with E-state index in [2.05, 4.69) is 0 Å². The Labute approximate surface area is 113 Å². The molecule has 0 aromatic heterocycles. The van der Waals surface area contributed by atoms with Crippen LogP contribution < -0.4 is 0 Å². The van der Waals surface area contributed by atoms with Crippen molar-refractivity contribution in [2.75, 3.05) is 19.5 Å². The molecule has 0 spiro atoms. The highest BCUT2D eigenvalue weighted by molar-refractivity contribution is 7.91. The van der Waals surface area contributed by atoms with E-state index in [1.807, 2.05) is 42.5 Å². The average molecular weight is 276 g/mol. The second-order valence-corrected chi connectivity index (χ2v) is 6.25. The van der Waals surface area contributed by atoms with Gasteiger partial charge in [-0.3, -0.25) is 0 Å². The third-order valence-electron chi connectivity index (χ3n) is 2.86. The van der Waals surface area contributed by atoms with E-state index in [9.17, 15) is 8.42 Å². The lowest BCUT2D eigenvalue weighted by molar-refractivity contribution is 0.217. The van der Waals surface area contributed by atoms with Crippen LogP contribution in [0, 0.1) is 0 Å². The molecule has 0 aliphatic rings. The van der Waals surface area contributed by atoms with Gasteiger partial charge < -0.3 is 4.74 Å². The summed E-state index contributed by atoms with van der Waals surface area (Å²) in [4.78, 5) is 0.359. The van der Waals surface area contributed by atoms with Crippen molar-refractivity contribution in [3.05, 3.63) is 54.6 Å². The molecule has 100 valence electrons. The second kappa shape index (κ2) is 5.99. The first-order valence-corrected chi connectivity index (χ1v) is 7.66. The maximum absolute atomic E-state index is 12.3. The molecular weight excluding hydrogens is 260 g/mol. The zero-order chi connectivity index (χ0) is 13.7. The smallest absolute Gasteiger partial charge is 0.181 e. The highest BCUT2D eigenvalue weighted by Crippen LogP contribution is 2.27. The lowest BCUT2D eigenvalue weighted by atomic mass is 10.1. The van der Waals surface area contributed by atoms with Crippen LogP contribution in [0.4, 0.5) is 0 Å². The summed E-state index contributed by atoms with van der Waals surface area (Å²) in [5.41, 5.74) is 1.64. The fourth-order valence-electron chi connectivity index (χ4n) is 1.90. The third kappa shape index (κ3) is 3.22. The molecule has 0 heterocycles. The number of sulfone groups is 1. The van der Waals surface area contributed by atoms with Crippen molar-refractivity contribution in [2.24, 2.45) is 0 Å². The summed E-state index contributed by atoms with van der Waals surface area (Å²) in [6.45, 7) is 0.200. The Kier molecular flexibility index (Phi) is 4.35. The van der Waals surface area contributed by atoms with Gasteiger partial charge in [-0.05, 0) is 11.6 Å². The predicted molar refractivity (Wildman–Crippen MR) is 75.8 cm³/mol. The van der Waals surface area contributed by atoms with Gasteiger partial charge in [-0.1, -0.05) is 48.5 Å². The van der Waals surface area contributed by atoms with Crippen LogP contribution in [0.15, 0.2) is 59.5 Å². The lowest BCUT2D eigenvalue weighted by Gasteiger charge is -2.10. The average Bonchev–Trinajstić information content (AvgIpc) is 2.46. The highest BCUT2D eigenvalue weighted by Gasteiger charge is 2.18. The van der Waals surface area contributed by atoms with Gasteiger partial charge in [0, 0.05) is 12.7 Å². The summed E-state index contributed by atoms with van der Waals surface area (Å²) in [6.07, 6.45) is 0. The Morgan fingerprint density at radius 2 is 1.58 bits per heavy atom. The van der Waals surface area contributed by atoms with E-state index in [0.717, 1.165) is 11.1 Å². The van der Waals surface area contributed by atoms with Crippen molar-refractivity contribution in [3.63, 3.8) is 0 Å². The normalized spacial score (nSPS) is 11.4. The molecular formula is C15H16O3S. The molecule has 0 amide bonds. The van der Waals surface area contributed by atoms with Crippen molar-refractivity contribution in [2.45, 2.75) is 4.90 Å². The van der Waals surface area contributed by atoms with Gasteiger partial charge in [0.25, 0.3) is 0 Å². The predicted octanol–water partition coefficient (Wildman–Crippen LogP) is 2.77. The quantitative estimate of drug-likeness (QED) is 0.843. The third-order valence-corrected chi connectivity index (χ3v) is 4.59. The minimum atomic E-state index is -3.33. The summed E-state index contributed by atoms with van der Waals surface area (Å²) in [5.74, 6) is -0.00660. The summed E-state index contributed by atoms with van der Waals surface area (Å²) < 4.78 is 29.5. The van der Waals surface area contributed by atoms with Crippen molar-refractivity contribution in [3.8, 4) is 11.1 Å². The maximum atomic E-state index is 12.3. The molecule has 2 aromatic carbocycles. The van der Waals surface area contributed by atoms with Gasteiger partial charge >= 0.3 is 0 Å². The summed E-state index contributed by atoms with van der Waals surface area (Å²) in [5, 5.41) is 0. The fraction of sp³-hybridized carbons (Fsp3) is 0.200. The minimum Gasteiger partial charge on any atom is -0.384 e. The van der Waals surface area contributed by atoms with Crippen molar-refractivity contribution >= 4 is 9.84 Å². The molecule has 0 bridgehead atoms. The van der Waals surface area contributed by atoms with E-state index in [0.29, 0.717) is 4.90 Å². The van der Waals surface area contributed by atoms with Gasteiger partial charge in [0.1, 0.15) is 0 Å². The van der Waals surface area contributed by atoms with Gasteiger partial charge in [-0.25, -0.2) is 8.42 Å². The first kappa shape index (κ1) is 13.8. The van der Waals surface area contributed by atoms with Gasteiger partial charge in [0.05, 0.1) is 17.3 Å². The number of benzene rings is 2. The van der Waals surface area contributed by atoms with Crippen LogP contribution >= 0.6 is 0 Å². The molecule has 2 rings (SSSR count). The Bertz CT molecular complexity index is 633. The zero-order valence-corrected chi connectivity index (χ0v) is 11.6. The zero-order valence-electron chi connectivity index (χ0n) is 10.7. The van der Waals surface area contributed by atoms with Crippen LogP contribution in [-0.4, -0.2) is 27.9 Å². The lowest BCUT2D eigenvalue weighted by Crippen LogP contribution is -2.12. The maximum Gasteiger partial charge on any atom is 0.181 e. The molecule has 3 nitrogen and oxygen atoms in total.